The summed E-state index contributed by atoms with van der Waals surface area (Å²) in [6, 6.07) is 158. The highest BCUT2D eigenvalue weighted by atomic mass is 32.1. The predicted molar refractivity (Wildman–Crippen MR) is 549 cm³/mol. The smallest absolute Gasteiger partial charge is 0.0726 e. The van der Waals surface area contributed by atoms with Gasteiger partial charge in [-0.15, -0.1) is 34.0 Å². The lowest BCUT2D eigenvalue weighted by molar-refractivity contribution is 1.19. The molecule has 0 unspecified atom stereocenters. The van der Waals surface area contributed by atoms with Crippen molar-refractivity contribution in [2.45, 2.75) is 0 Å². The minimum absolute atomic E-state index is 1.18. The first kappa shape index (κ1) is 71.1. The molecule has 0 aliphatic heterocycles. The lowest BCUT2D eigenvalue weighted by atomic mass is 9.89. The van der Waals surface area contributed by atoms with Crippen molar-refractivity contribution in [1.82, 2.24) is 13.7 Å². The largest absolute Gasteiger partial charge is 0.308 e. The van der Waals surface area contributed by atoms with E-state index in [0.717, 1.165) is 0 Å². The van der Waals surface area contributed by atoms with Crippen LogP contribution in [0.3, 0.4) is 0 Å². The van der Waals surface area contributed by atoms with Gasteiger partial charge >= 0.3 is 0 Å². The monoisotopic (exact) mass is 1650 g/mol. The number of fused-ring (bicyclic) bond motifs is 45. The van der Waals surface area contributed by atoms with Crippen LogP contribution in [-0.2, 0) is 0 Å². The third kappa shape index (κ3) is 10.3. The highest BCUT2D eigenvalue weighted by Gasteiger charge is 2.30. The molecule has 0 atom stereocenters. The van der Waals surface area contributed by atoms with Crippen LogP contribution in [0.2, 0.25) is 0 Å². The molecule has 0 bridgehead atoms. The van der Waals surface area contributed by atoms with Crippen LogP contribution in [0.25, 0.3) is 262 Å². The van der Waals surface area contributed by atoms with Crippen molar-refractivity contribution in [1.29, 1.82) is 0 Å². The van der Waals surface area contributed by atoms with Gasteiger partial charge < -0.3 is 13.7 Å². The summed E-state index contributed by atoms with van der Waals surface area (Å²) in [7, 11) is 0. The molecule has 23 aromatic carbocycles. The van der Waals surface area contributed by atoms with Gasteiger partial charge in [0.2, 0.25) is 0 Å². The Labute approximate surface area is 734 Å². The first-order valence-corrected chi connectivity index (χ1v) is 45.7. The first-order valence-electron chi connectivity index (χ1n) is 43.3. The van der Waals surface area contributed by atoms with Crippen molar-refractivity contribution in [3.8, 4) is 39.3 Å². The van der Waals surface area contributed by atoms with Gasteiger partial charge in [0.15, 0.2) is 0 Å². The summed E-state index contributed by atoms with van der Waals surface area (Å²) >= 11 is 5.77. The Morgan fingerprint density at radius 2 is 0.357 bits per heavy atom. The normalized spacial score (nSPS) is 12.1. The third-order valence-electron chi connectivity index (χ3n) is 26.8. The number of nitrogens with zero attached hydrogens (tertiary/aromatic N) is 3. The third-order valence-corrected chi connectivity index (χ3v) is 30.3. The zero-order chi connectivity index (χ0) is 82.3. The van der Waals surface area contributed by atoms with Crippen molar-refractivity contribution in [3.63, 3.8) is 0 Å². The zero-order valence-corrected chi connectivity index (χ0v) is 70.5. The summed E-state index contributed by atoms with van der Waals surface area (Å²) in [5.74, 6) is 0. The molecule has 0 aliphatic rings. The van der Waals surface area contributed by atoms with Crippen LogP contribution in [0.5, 0.6) is 0 Å². The van der Waals surface area contributed by atoms with E-state index < -0.39 is 0 Å². The zero-order valence-electron chi connectivity index (χ0n) is 68.1. The number of para-hydroxylation sites is 4. The van der Waals surface area contributed by atoms with Gasteiger partial charge in [-0.2, -0.15) is 0 Å². The van der Waals surface area contributed by atoms with E-state index in [4.69, 9.17) is 0 Å². The van der Waals surface area contributed by atoms with E-state index in [2.05, 4.69) is 444 Å². The van der Waals surface area contributed by atoms with Crippen LogP contribution in [0.1, 0.15) is 0 Å². The fourth-order valence-electron chi connectivity index (χ4n) is 21.8. The van der Waals surface area contributed by atoms with E-state index >= 15 is 0 Å². The Bertz CT molecular complexity index is 9660. The molecular formula is C120H71N3S3. The highest BCUT2D eigenvalue weighted by molar-refractivity contribution is 7.28. The average Bonchev–Trinajstić information content (AvgIpc) is 1.52. The van der Waals surface area contributed by atoms with Crippen molar-refractivity contribution in [2.75, 3.05) is 0 Å². The summed E-state index contributed by atoms with van der Waals surface area (Å²) in [5.41, 5.74) is 16.1. The number of hydrogen-bond acceptors (Lipinski definition) is 3. The van der Waals surface area contributed by atoms with Crippen LogP contribution in [0, 0.1) is 0 Å². The molecule has 0 spiro atoms. The van der Waals surface area contributed by atoms with Gasteiger partial charge in [-0.3, -0.25) is 0 Å². The van der Waals surface area contributed by atoms with Gasteiger partial charge in [-0.05, 0) is 160 Å². The summed E-state index contributed by atoms with van der Waals surface area (Å²) in [6.07, 6.45) is 0. The van der Waals surface area contributed by atoms with E-state index in [9.17, 15) is 0 Å². The first-order chi connectivity index (χ1) is 62.6. The Morgan fingerprint density at radius 1 is 0.135 bits per heavy atom. The molecule has 6 heteroatoms. The molecular weight excluding hydrogens is 1580 g/mol. The molecule has 126 heavy (non-hydrogen) atoms. The second-order valence-electron chi connectivity index (χ2n) is 33.3. The van der Waals surface area contributed by atoms with E-state index in [1.165, 1.54) is 262 Å². The van der Waals surface area contributed by atoms with Gasteiger partial charge in [0.25, 0.3) is 0 Å². The van der Waals surface area contributed by atoms with Crippen LogP contribution in [0.4, 0.5) is 0 Å². The van der Waals surface area contributed by atoms with E-state index in [1.54, 1.807) is 0 Å². The van der Waals surface area contributed by atoms with E-state index in [0.29, 0.717) is 0 Å². The molecule has 0 saturated heterocycles. The second kappa shape index (κ2) is 28.0. The molecule has 0 radical (unpaired) electrons. The molecule has 6 heterocycles. The van der Waals surface area contributed by atoms with Crippen molar-refractivity contribution < 1.29 is 0 Å². The van der Waals surface area contributed by atoms with Crippen molar-refractivity contribution in [2.24, 2.45) is 0 Å². The number of rotatable bonds is 5. The van der Waals surface area contributed by atoms with Gasteiger partial charge in [-0.1, -0.05) is 358 Å². The molecule has 584 valence electrons. The van der Waals surface area contributed by atoms with E-state index in [-0.39, 0.29) is 0 Å². The SMILES string of the molecule is c1ccc(-c2ccc(-n3c4ccccc4c4c5c6ccccc6c6ccccc6c5c5c6ccccc6sc5c43)cc2)cc1.c1ccc(-c2cccc(-n3c4ccccc4c4c5c6ccccc6c6ccccc6c5c5c6ccccc6sc5c43)c2)cc1.c1ccc(-n2c3ccccc3c3c4c5ccccc5c5ccccc5c4c4c5ccccc5sc4c32)cc1. The molecule has 29 rings (SSSR count). The molecule has 6 aromatic heterocycles. The molecule has 0 aliphatic carbocycles. The Balaban J connectivity index is 0.0000000986. The maximum absolute atomic E-state index is 2.53. The highest BCUT2D eigenvalue weighted by Crippen LogP contribution is 2.57. The summed E-state index contributed by atoms with van der Waals surface area (Å²) in [4.78, 5) is 0. The molecule has 0 fully saturated rings. The minimum Gasteiger partial charge on any atom is -0.308 e. The molecule has 29 aromatic rings. The Hall–Kier alpha value is -15.5. The van der Waals surface area contributed by atoms with Gasteiger partial charge in [0.05, 0.1) is 47.2 Å². The minimum atomic E-state index is 1.18. The van der Waals surface area contributed by atoms with Crippen molar-refractivity contribution >= 4 is 257 Å². The van der Waals surface area contributed by atoms with Crippen LogP contribution in [-0.4, -0.2) is 13.7 Å². The molecule has 0 N–H and O–H groups in total. The van der Waals surface area contributed by atoms with Crippen LogP contribution >= 0.6 is 34.0 Å². The van der Waals surface area contributed by atoms with Gasteiger partial charge in [0.1, 0.15) is 0 Å². The number of hydrogen-bond donors (Lipinski definition) is 0. The average molecular weight is 1650 g/mol. The molecule has 3 nitrogen and oxygen atoms in total. The topological polar surface area (TPSA) is 14.8 Å². The predicted octanol–water partition coefficient (Wildman–Crippen LogP) is 35.2. The summed E-state index contributed by atoms with van der Waals surface area (Å²) < 4.78 is 15.6. The number of benzene rings is 23. The lowest BCUT2D eigenvalue weighted by Crippen LogP contribution is -1.95. The summed E-state index contributed by atoms with van der Waals surface area (Å²) in [6.45, 7) is 0. The van der Waals surface area contributed by atoms with E-state index in [1.807, 2.05) is 34.0 Å². The standard InChI is InChI=1S/2C42H25NS.C36H21NS/c1-2-13-26(14-3-1)27-15-12-16-28(25-27)43-35-23-10-8-21-33(35)39-37-31-19-6-4-17-29(31)30-18-5-7-20-32(30)38(37)40-34-22-9-11-24-36(34)44-42(40)41(39)43;1-2-12-26(13-3-1)27-22-24-28(25-23-27)43-35-20-10-8-18-33(35)39-37-31-16-6-4-14-29(31)30-15-5-7-17-32(30)38(37)40-34-19-9-11-21-36(34)44-42(40)41(39)43;1-2-12-22(13-3-1)37-29-20-10-8-18-27(29)33-31-25-16-6-4-14-23(25)24-15-5-7-17-26(24)32(31)34-28-19-9-11-21-30(28)38-36(34)35(33)37/h2*1-25H;1-21H. The van der Waals surface area contributed by atoms with Crippen molar-refractivity contribution in [3.05, 3.63) is 431 Å². The maximum Gasteiger partial charge on any atom is 0.0726 e. The Morgan fingerprint density at radius 3 is 0.690 bits per heavy atom. The second-order valence-corrected chi connectivity index (χ2v) is 36.5. The summed E-state index contributed by atoms with van der Waals surface area (Å²) in [5, 5.41) is 39.9. The maximum atomic E-state index is 2.53. The van der Waals surface area contributed by atoms with Crippen LogP contribution in [0.15, 0.2) is 431 Å². The fraction of sp³-hybridized carbons (Fsp3) is 0. The van der Waals surface area contributed by atoms with Crippen LogP contribution < -0.4 is 0 Å². The Kier molecular flexibility index (Phi) is 15.8. The lowest BCUT2D eigenvalue weighted by Gasteiger charge is -2.15. The molecule has 0 saturated carbocycles. The van der Waals surface area contributed by atoms with Gasteiger partial charge in [0, 0.05) is 128 Å². The number of thiophene rings is 3. The number of aromatic nitrogens is 3. The molecule has 0 amide bonds. The van der Waals surface area contributed by atoms with Gasteiger partial charge in [-0.25, -0.2) is 0 Å². The fourth-order valence-corrected chi connectivity index (χ4v) is 25.5. The quantitative estimate of drug-likeness (QED) is 0.153.